The van der Waals surface area contributed by atoms with Crippen molar-refractivity contribution in [3.05, 3.63) is 28.5 Å². The van der Waals surface area contributed by atoms with Crippen molar-refractivity contribution in [3.8, 4) is 0 Å². The van der Waals surface area contributed by atoms with E-state index in [0.29, 0.717) is 22.0 Å². The Bertz CT molecular complexity index is 537. The molecule has 1 aromatic carbocycles. The number of carbonyl (C=O) groups excluding carboxylic acids is 1. The molecular formula is C16H20BrFN2O. The Morgan fingerprint density at radius 3 is 2.57 bits per heavy atom. The zero-order valence-electron chi connectivity index (χ0n) is 11.8. The molecule has 3 nitrogen and oxygen atoms in total. The SMILES string of the molecule is NC1C2CCCC1CC(C(=O)Nc1ccc(F)c(Br)c1)C2. The van der Waals surface area contributed by atoms with Crippen molar-refractivity contribution in [2.45, 2.75) is 38.1 Å². The first-order chi connectivity index (χ1) is 10.0. The molecule has 2 unspecified atom stereocenters. The lowest BCUT2D eigenvalue weighted by molar-refractivity contribution is -0.122. The molecule has 5 heteroatoms. The molecule has 2 saturated carbocycles. The highest BCUT2D eigenvalue weighted by molar-refractivity contribution is 9.10. The first kappa shape index (κ1) is 15.0. The predicted octanol–water partition coefficient (Wildman–Crippen LogP) is 3.68. The summed E-state index contributed by atoms with van der Waals surface area (Å²) in [6, 6.07) is 4.81. The van der Waals surface area contributed by atoms with E-state index in [4.69, 9.17) is 5.73 Å². The second-order valence-corrected chi connectivity index (χ2v) is 7.17. The van der Waals surface area contributed by atoms with Crippen LogP contribution in [-0.2, 0) is 4.79 Å². The van der Waals surface area contributed by atoms with Crippen LogP contribution >= 0.6 is 15.9 Å². The van der Waals surface area contributed by atoms with Crippen molar-refractivity contribution in [3.63, 3.8) is 0 Å². The molecule has 21 heavy (non-hydrogen) atoms. The van der Waals surface area contributed by atoms with E-state index >= 15 is 0 Å². The van der Waals surface area contributed by atoms with E-state index in [1.54, 1.807) is 12.1 Å². The molecule has 2 fully saturated rings. The van der Waals surface area contributed by atoms with Gasteiger partial charge in [-0.05, 0) is 71.6 Å². The molecule has 2 atom stereocenters. The third-order valence-electron chi connectivity index (χ3n) is 4.97. The Morgan fingerprint density at radius 1 is 1.29 bits per heavy atom. The van der Waals surface area contributed by atoms with Crippen LogP contribution in [-0.4, -0.2) is 11.9 Å². The van der Waals surface area contributed by atoms with Crippen molar-refractivity contribution in [2.24, 2.45) is 23.5 Å². The highest BCUT2D eigenvalue weighted by atomic mass is 79.9. The summed E-state index contributed by atoms with van der Waals surface area (Å²) in [6.07, 6.45) is 5.28. The van der Waals surface area contributed by atoms with Gasteiger partial charge in [0, 0.05) is 17.6 Å². The number of hydrogen-bond donors (Lipinski definition) is 2. The third-order valence-corrected chi connectivity index (χ3v) is 5.58. The van der Waals surface area contributed by atoms with Gasteiger partial charge in [-0.2, -0.15) is 0 Å². The van der Waals surface area contributed by atoms with Crippen LogP contribution in [0, 0.1) is 23.6 Å². The lowest BCUT2D eigenvalue weighted by atomic mass is 9.65. The van der Waals surface area contributed by atoms with E-state index in [2.05, 4.69) is 21.2 Å². The summed E-state index contributed by atoms with van der Waals surface area (Å²) in [5.74, 6) is 0.703. The lowest BCUT2D eigenvalue weighted by Crippen LogP contribution is -2.48. The zero-order valence-corrected chi connectivity index (χ0v) is 13.4. The van der Waals surface area contributed by atoms with Crippen molar-refractivity contribution in [1.29, 1.82) is 0 Å². The van der Waals surface area contributed by atoms with Gasteiger partial charge in [0.2, 0.25) is 5.91 Å². The molecule has 2 aliphatic rings. The topological polar surface area (TPSA) is 55.1 Å². The van der Waals surface area contributed by atoms with Gasteiger partial charge in [0.05, 0.1) is 4.47 Å². The van der Waals surface area contributed by atoms with Crippen LogP contribution in [0.1, 0.15) is 32.1 Å². The number of anilines is 1. The number of benzene rings is 1. The van der Waals surface area contributed by atoms with E-state index in [1.165, 1.54) is 12.5 Å². The molecule has 3 rings (SSSR count). The number of rotatable bonds is 2. The maximum absolute atomic E-state index is 13.2. The van der Waals surface area contributed by atoms with Gasteiger partial charge >= 0.3 is 0 Å². The van der Waals surface area contributed by atoms with Crippen LogP contribution in [0.25, 0.3) is 0 Å². The monoisotopic (exact) mass is 354 g/mol. The Labute approximate surface area is 132 Å². The maximum atomic E-state index is 13.2. The van der Waals surface area contributed by atoms with Crippen molar-refractivity contribution in [1.82, 2.24) is 0 Å². The predicted molar refractivity (Wildman–Crippen MR) is 84.3 cm³/mol. The molecule has 0 saturated heterocycles. The molecular weight excluding hydrogens is 335 g/mol. The van der Waals surface area contributed by atoms with E-state index in [1.807, 2.05) is 0 Å². The second kappa shape index (κ2) is 6.05. The zero-order chi connectivity index (χ0) is 15.0. The summed E-state index contributed by atoms with van der Waals surface area (Å²) >= 11 is 3.14. The highest BCUT2D eigenvalue weighted by Crippen LogP contribution is 2.42. The molecule has 0 heterocycles. The molecule has 0 radical (unpaired) electrons. The third kappa shape index (κ3) is 3.14. The molecule has 1 amide bonds. The average Bonchev–Trinajstić information content (AvgIpc) is 2.42. The van der Waals surface area contributed by atoms with Gasteiger partial charge in [0.15, 0.2) is 0 Å². The van der Waals surface area contributed by atoms with Gasteiger partial charge in [-0.3, -0.25) is 4.79 Å². The summed E-state index contributed by atoms with van der Waals surface area (Å²) in [5, 5.41) is 2.91. The summed E-state index contributed by atoms with van der Waals surface area (Å²) in [7, 11) is 0. The van der Waals surface area contributed by atoms with Gasteiger partial charge in [-0.25, -0.2) is 4.39 Å². The standard InChI is InChI=1S/C16H20BrFN2O/c17-13-8-12(4-5-14(13)18)20-16(21)11-6-9-2-1-3-10(7-11)15(9)19/h4-5,8-11,15H,1-3,6-7,19H2,(H,20,21). The molecule has 2 bridgehead atoms. The van der Waals surface area contributed by atoms with Crippen LogP contribution in [0.5, 0.6) is 0 Å². The molecule has 0 aromatic heterocycles. The smallest absolute Gasteiger partial charge is 0.227 e. The van der Waals surface area contributed by atoms with E-state index in [-0.39, 0.29) is 23.7 Å². The Kier molecular flexibility index (Phi) is 4.31. The number of nitrogens with two attached hydrogens (primary N) is 1. The summed E-state index contributed by atoms with van der Waals surface area (Å²) in [6.45, 7) is 0. The normalized spacial score (nSPS) is 31.8. The van der Waals surface area contributed by atoms with Crippen molar-refractivity contribution < 1.29 is 9.18 Å². The van der Waals surface area contributed by atoms with Crippen LogP contribution in [0.4, 0.5) is 10.1 Å². The molecule has 2 aliphatic carbocycles. The Morgan fingerprint density at radius 2 is 1.95 bits per heavy atom. The molecule has 3 N–H and O–H groups in total. The number of amides is 1. The van der Waals surface area contributed by atoms with E-state index < -0.39 is 0 Å². The van der Waals surface area contributed by atoms with E-state index in [9.17, 15) is 9.18 Å². The van der Waals surface area contributed by atoms with Crippen molar-refractivity contribution in [2.75, 3.05) is 5.32 Å². The number of nitrogens with one attached hydrogen (secondary N) is 1. The van der Waals surface area contributed by atoms with E-state index in [0.717, 1.165) is 25.7 Å². The Hall–Kier alpha value is -0.940. The minimum atomic E-state index is -0.328. The fourth-order valence-corrected chi connectivity index (χ4v) is 4.20. The van der Waals surface area contributed by atoms with Crippen LogP contribution in [0.2, 0.25) is 0 Å². The summed E-state index contributed by atoms with van der Waals surface area (Å²) < 4.78 is 13.6. The summed E-state index contributed by atoms with van der Waals surface area (Å²) in [5.41, 5.74) is 6.89. The van der Waals surface area contributed by atoms with Crippen LogP contribution < -0.4 is 11.1 Å². The van der Waals surface area contributed by atoms with Gasteiger partial charge in [0.1, 0.15) is 5.82 Å². The largest absolute Gasteiger partial charge is 0.327 e. The lowest BCUT2D eigenvalue weighted by Gasteiger charge is -2.43. The molecule has 0 aliphatic heterocycles. The van der Waals surface area contributed by atoms with Gasteiger partial charge in [-0.15, -0.1) is 0 Å². The summed E-state index contributed by atoms with van der Waals surface area (Å²) in [4.78, 5) is 12.4. The number of carbonyl (C=O) groups is 1. The second-order valence-electron chi connectivity index (χ2n) is 6.31. The number of hydrogen-bond acceptors (Lipinski definition) is 2. The molecule has 114 valence electrons. The molecule has 1 aromatic rings. The fraction of sp³-hybridized carbons (Fsp3) is 0.562. The first-order valence-electron chi connectivity index (χ1n) is 7.56. The highest BCUT2D eigenvalue weighted by Gasteiger charge is 2.40. The fourth-order valence-electron chi connectivity index (χ4n) is 3.82. The minimum absolute atomic E-state index is 0.0314. The average molecular weight is 355 g/mol. The Balaban J connectivity index is 1.67. The quantitative estimate of drug-likeness (QED) is 0.850. The first-order valence-corrected chi connectivity index (χ1v) is 8.35. The van der Waals surface area contributed by atoms with Crippen LogP contribution in [0.15, 0.2) is 22.7 Å². The van der Waals surface area contributed by atoms with Gasteiger partial charge < -0.3 is 11.1 Å². The molecule has 0 spiro atoms. The van der Waals surface area contributed by atoms with Gasteiger partial charge in [-0.1, -0.05) is 6.42 Å². The van der Waals surface area contributed by atoms with Crippen molar-refractivity contribution >= 4 is 27.5 Å². The van der Waals surface area contributed by atoms with Crippen LogP contribution in [0.3, 0.4) is 0 Å². The maximum Gasteiger partial charge on any atom is 0.227 e. The minimum Gasteiger partial charge on any atom is -0.327 e. The number of halogens is 2. The van der Waals surface area contributed by atoms with Gasteiger partial charge in [0.25, 0.3) is 0 Å². The number of fused-ring (bicyclic) bond motifs is 2.